The standard InChI is InChI=1S/C18H18N8O.CH2O2/c1-24-10-22-16-12(3-4-19-17(16)24)18(27)26-7-13(11-5-23-25(2)6-11)15-14(8-26)20-9-21-15;2-1-3/h3-6,9-10,13H,7-8H2,1-2H3,(H,20,21);1H,(H,2,3). The van der Waals surface area contributed by atoms with Gasteiger partial charge in [0.2, 0.25) is 0 Å². The molecule has 4 aromatic rings. The number of carboxylic acid groups (broad SMARTS) is 1. The summed E-state index contributed by atoms with van der Waals surface area (Å²) in [5, 5.41) is 11.2. The van der Waals surface area contributed by atoms with E-state index in [0.29, 0.717) is 29.8 Å². The summed E-state index contributed by atoms with van der Waals surface area (Å²) in [5.41, 5.74) is 4.86. The highest BCUT2D eigenvalue weighted by molar-refractivity contribution is 6.04. The van der Waals surface area contributed by atoms with Gasteiger partial charge in [0.15, 0.2) is 5.65 Å². The molecule has 1 aliphatic heterocycles. The van der Waals surface area contributed by atoms with Crippen LogP contribution in [-0.2, 0) is 25.4 Å². The third kappa shape index (κ3) is 3.30. The number of imidazole rings is 2. The first kappa shape index (κ1) is 19.3. The number of pyridine rings is 1. The quantitative estimate of drug-likeness (QED) is 0.471. The maximum Gasteiger partial charge on any atom is 0.290 e. The van der Waals surface area contributed by atoms with Crippen LogP contribution in [0.2, 0.25) is 0 Å². The Labute approximate surface area is 171 Å². The molecule has 1 amide bonds. The van der Waals surface area contributed by atoms with E-state index in [4.69, 9.17) is 9.90 Å². The molecule has 0 spiro atoms. The van der Waals surface area contributed by atoms with Crippen LogP contribution in [0.15, 0.2) is 37.3 Å². The molecule has 2 N–H and O–H groups in total. The number of aromatic nitrogens is 7. The first-order valence-electron chi connectivity index (χ1n) is 9.17. The molecule has 0 aromatic carbocycles. The molecule has 11 heteroatoms. The molecule has 11 nitrogen and oxygen atoms in total. The van der Waals surface area contributed by atoms with Gasteiger partial charge in [0.25, 0.3) is 12.4 Å². The summed E-state index contributed by atoms with van der Waals surface area (Å²) in [6, 6.07) is 1.74. The van der Waals surface area contributed by atoms with Crippen molar-refractivity contribution in [3.8, 4) is 0 Å². The predicted octanol–water partition coefficient (Wildman–Crippen LogP) is 0.914. The number of carbonyl (C=O) groups excluding carboxylic acids is 1. The lowest BCUT2D eigenvalue weighted by Gasteiger charge is -2.31. The first-order chi connectivity index (χ1) is 14.5. The minimum absolute atomic E-state index is 0.0151. The zero-order valence-electron chi connectivity index (χ0n) is 16.4. The third-order valence-electron chi connectivity index (χ3n) is 5.08. The Morgan fingerprint density at radius 1 is 1.30 bits per heavy atom. The predicted molar refractivity (Wildman–Crippen MR) is 106 cm³/mol. The summed E-state index contributed by atoms with van der Waals surface area (Å²) >= 11 is 0. The van der Waals surface area contributed by atoms with Gasteiger partial charge in [-0.3, -0.25) is 14.3 Å². The number of hydrogen-bond donors (Lipinski definition) is 2. The molecule has 0 saturated heterocycles. The second-order valence-electron chi connectivity index (χ2n) is 6.94. The molecule has 0 aliphatic carbocycles. The largest absolute Gasteiger partial charge is 0.483 e. The molecule has 5 rings (SSSR count). The zero-order chi connectivity index (χ0) is 21.3. The Bertz CT molecular complexity index is 1210. The van der Waals surface area contributed by atoms with Gasteiger partial charge in [0.05, 0.1) is 42.3 Å². The van der Waals surface area contributed by atoms with Crippen LogP contribution in [0.1, 0.15) is 33.2 Å². The van der Waals surface area contributed by atoms with Crippen LogP contribution >= 0.6 is 0 Å². The average Bonchev–Trinajstić information content (AvgIpc) is 3.47. The maximum atomic E-state index is 13.3. The van der Waals surface area contributed by atoms with Crippen LogP contribution in [-0.4, -0.2) is 63.2 Å². The van der Waals surface area contributed by atoms with Gasteiger partial charge in [-0.05, 0) is 6.07 Å². The number of fused-ring (bicyclic) bond motifs is 2. The van der Waals surface area contributed by atoms with Crippen molar-refractivity contribution in [1.82, 2.24) is 39.2 Å². The highest BCUT2D eigenvalue weighted by atomic mass is 16.3. The smallest absolute Gasteiger partial charge is 0.290 e. The molecule has 30 heavy (non-hydrogen) atoms. The van der Waals surface area contributed by atoms with E-state index in [9.17, 15) is 4.79 Å². The van der Waals surface area contributed by atoms with Crippen molar-refractivity contribution in [2.45, 2.75) is 12.5 Å². The molecular formula is C19H20N8O3. The molecule has 1 aliphatic rings. The third-order valence-corrected chi connectivity index (χ3v) is 5.08. The molecule has 5 heterocycles. The fourth-order valence-corrected chi connectivity index (χ4v) is 3.73. The number of nitrogens with zero attached hydrogens (tertiary/aromatic N) is 7. The van der Waals surface area contributed by atoms with Crippen LogP contribution in [0.3, 0.4) is 0 Å². The molecule has 154 valence electrons. The number of aromatic amines is 1. The highest BCUT2D eigenvalue weighted by Crippen LogP contribution is 2.32. The zero-order valence-corrected chi connectivity index (χ0v) is 16.4. The van der Waals surface area contributed by atoms with Crippen molar-refractivity contribution in [3.63, 3.8) is 0 Å². The fraction of sp³-hybridized carbons (Fsp3) is 0.263. The second-order valence-corrected chi connectivity index (χ2v) is 6.94. The Morgan fingerprint density at radius 2 is 2.10 bits per heavy atom. The Hall–Kier alpha value is -4.02. The fourth-order valence-electron chi connectivity index (χ4n) is 3.73. The van der Waals surface area contributed by atoms with Gasteiger partial charge in [-0.25, -0.2) is 15.0 Å². The Morgan fingerprint density at radius 3 is 2.83 bits per heavy atom. The summed E-state index contributed by atoms with van der Waals surface area (Å²) in [6.45, 7) is 0.778. The van der Waals surface area contributed by atoms with E-state index in [1.165, 1.54) is 0 Å². The second kappa shape index (κ2) is 7.78. The van der Waals surface area contributed by atoms with E-state index in [0.717, 1.165) is 17.0 Å². The van der Waals surface area contributed by atoms with E-state index in [1.54, 1.807) is 29.6 Å². The molecule has 1 atom stereocenters. The number of rotatable bonds is 2. The minimum atomic E-state index is -0.250. The summed E-state index contributed by atoms with van der Waals surface area (Å²) in [4.78, 5) is 39.9. The first-order valence-corrected chi connectivity index (χ1v) is 9.17. The van der Waals surface area contributed by atoms with Gasteiger partial charge in [-0.1, -0.05) is 0 Å². The molecule has 0 bridgehead atoms. The van der Waals surface area contributed by atoms with Gasteiger partial charge < -0.3 is 19.6 Å². The molecule has 0 fully saturated rings. The Kier molecular flexibility index (Phi) is 5.00. The van der Waals surface area contributed by atoms with Crippen LogP contribution in [0.4, 0.5) is 0 Å². The normalized spacial score (nSPS) is 15.4. The van der Waals surface area contributed by atoms with Gasteiger partial charge in [0.1, 0.15) is 5.52 Å². The number of H-pyrrole nitrogens is 1. The van der Waals surface area contributed by atoms with Gasteiger partial charge in [0, 0.05) is 44.5 Å². The maximum absolute atomic E-state index is 13.3. The lowest BCUT2D eigenvalue weighted by molar-refractivity contribution is -0.122. The van der Waals surface area contributed by atoms with Gasteiger partial charge >= 0.3 is 0 Å². The topological polar surface area (TPSA) is 135 Å². The molecule has 4 aromatic heterocycles. The lowest BCUT2D eigenvalue weighted by Crippen LogP contribution is -2.38. The van der Waals surface area contributed by atoms with E-state index >= 15 is 0 Å². The van der Waals surface area contributed by atoms with Crippen molar-refractivity contribution >= 4 is 23.5 Å². The van der Waals surface area contributed by atoms with E-state index < -0.39 is 0 Å². The van der Waals surface area contributed by atoms with Crippen LogP contribution in [0, 0.1) is 0 Å². The van der Waals surface area contributed by atoms with Crippen molar-refractivity contribution < 1.29 is 14.7 Å². The van der Waals surface area contributed by atoms with E-state index in [-0.39, 0.29) is 18.3 Å². The van der Waals surface area contributed by atoms with E-state index in [1.807, 2.05) is 36.0 Å². The summed E-state index contributed by atoms with van der Waals surface area (Å²) < 4.78 is 3.58. The van der Waals surface area contributed by atoms with Crippen molar-refractivity contribution in [3.05, 3.63) is 59.8 Å². The van der Waals surface area contributed by atoms with Crippen molar-refractivity contribution in [2.75, 3.05) is 6.54 Å². The number of carbonyl (C=O) groups is 2. The SMILES string of the molecule is Cn1cc(C2CN(C(=O)c3ccnc4c3ncn4C)Cc3[nH]cnc32)cn1.O=CO. The molecular weight excluding hydrogens is 388 g/mol. The minimum Gasteiger partial charge on any atom is -0.483 e. The molecule has 0 radical (unpaired) electrons. The molecule has 1 unspecified atom stereocenters. The average molecular weight is 408 g/mol. The van der Waals surface area contributed by atoms with Crippen LogP contribution in [0.25, 0.3) is 11.2 Å². The van der Waals surface area contributed by atoms with Crippen molar-refractivity contribution in [1.29, 1.82) is 0 Å². The lowest BCUT2D eigenvalue weighted by atomic mass is 9.92. The number of aryl methyl sites for hydroxylation is 2. The van der Waals surface area contributed by atoms with Gasteiger partial charge in [-0.2, -0.15) is 5.10 Å². The summed E-state index contributed by atoms with van der Waals surface area (Å²) in [5.74, 6) is -0.0750. The number of hydrogen-bond acceptors (Lipinski definition) is 6. The monoisotopic (exact) mass is 408 g/mol. The highest BCUT2D eigenvalue weighted by Gasteiger charge is 2.33. The number of nitrogens with one attached hydrogen (secondary N) is 1. The summed E-state index contributed by atoms with van der Waals surface area (Å²) in [7, 11) is 3.75. The Balaban J connectivity index is 0.000000687. The molecule has 0 saturated carbocycles. The van der Waals surface area contributed by atoms with Crippen LogP contribution < -0.4 is 0 Å². The van der Waals surface area contributed by atoms with E-state index in [2.05, 4.69) is 25.0 Å². The summed E-state index contributed by atoms with van der Waals surface area (Å²) in [6.07, 6.45) is 8.82. The van der Waals surface area contributed by atoms with Crippen LogP contribution in [0.5, 0.6) is 0 Å². The number of amides is 1. The van der Waals surface area contributed by atoms with Crippen molar-refractivity contribution in [2.24, 2.45) is 14.1 Å². The van der Waals surface area contributed by atoms with Gasteiger partial charge in [-0.15, -0.1) is 0 Å².